The van der Waals surface area contributed by atoms with Crippen LogP contribution < -0.4 is 0 Å². The number of carbonyl (C=O) groups excluding carboxylic acids is 1. The van der Waals surface area contributed by atoms with Crippen LogP contribution in [-0.2, 0) is 4.79 Å². The maximum Gasteiger partial charge on any atom is 0.243 e. The molecule has 0 aliphatic carbocycles. The molecule has 0 aromatic heterocycles. The Labute approximate surface area is 121 Å². The second-order valence-electron chi connectivity index (χ2n) is 5.66. The molecule has 3 nitrogen and oxygen atoms in total. The molecule has 0 aromatic carbocycles. The lowest BCUT2D eigenvalue weighted by Gasteiger charge is -2.39. The van der Waals surface area contributed by atoms with Gasteiger partial charge in [-0.3, -0.25) is 4.79 Å². The van der Waals surface area contributed by atoms with E-state index in [2.05, 4.69) is 19.9 Å². The Morgan fingerprint density at radius 3 is 2.11 bits per heavy atom. The Bertz CT molecular complexity index is 335. The minimum absolute atomic E-state index is 0.0673. The number of amides is 1. The Kier molecular flexibility index (Phi) is 6.19. The van der Waals surface area contributed by atoms with Gasteiger partial charge in [-0.1, -0.05) is 40.5 Å². The molecule has 2 atom stereocenters. The highest BCUT2D eigenvalue weighted by molar-refractivity contribution is 8.00. The lowest BCUT2D eigenvalue weighted by Crippen LogP contribution is -2.50. The minimum atomic E-state index is -0.787. The van der Waals surface area contributed by atoms with Crippen LogP contribution in [0.25, 0.3) is 0 Å². The van der Waals surface area contributed by atoms with Crippen molar-refractivity contribution in [2.24, 2.45) is 5.41 Å². The Morgan fingerprint density at radius 2 is 1.74 bits per heavy atom. The molecule has 0 aromatic rings. The Hall–Kier alpha value is -0.690. The van der Waals surface area contributed by atoms with Gasteiger partial charge in [0.25, 0.3) is 0 Å². The van der Waals surface area contributed by atoms with Crippen LogP contribution in [0.1, 0.15) is 53.4 Å². The summed E-state index contributed by atoms with van der Waals surface area (Å²) in [5.74, 6) is 0.0673. The predicted octanol–water partition coefficient (Wildman–Crippen LogP) is 3.45. The largest absolute Gasteiger partial charge is 0.339 e. The van der Waals surface area contributed by atoms with Crippen LogP contribution in [0.15, 0.2) is 0 Å². The molecule has 2 unspecified atom stereocenters. The van der Waals surface area contributed by atoms with Gasteiger partial charge in [-0.05, 0) is 12.8 Å². The molecular formula is C15H26N2OS. The van der Waals surface area contributed by atoms with Gasteiger partial charge in [0, 0.05) is 23.6 Å². The van der Waals surface area contributed by atoms with E-state index in [9.17, 15) is 10.1 Å². The van der Waals surface area contributed by atoms with Crippen LogP contribution in [0.2, 0.25) is 0 Å². The van der Waals surface area contributed by atoms with E-state index in [4.69, 9.17) is 0 Å². The summed E-state index contributed by atoms with van der Waals surface area (Å²) in [6.07, 6.45) is 3.13. The molecule has 0 N–H and O–H groups in total. The van der Waals surface area contributed by atoms with Gasteiger partial charge in [-0.25, -0.2) is 0 Å². The van der Waals surface area contributed by atoms with Gasteiger partial charge in [0.05, 0.1) is 6.07 Å². The summed E-state index contributed by atoms with van der Waals surface area (Å²) in [4.78, 5) is 14.7. The summed E-state index contributed by atoms with van der Waals surface area (Å²) in [6, 6.07) is 2.35. The maximum atomic E-state index is 12.8. The van der Waals surface area contributed by atoms with Crippen molar-refractivity contribution < 1.29 is 4.79 Å². The molecule has 1 rings (SSSR count). The van der Waals surface area contributed by atoms with Crippen molar-refractivity contribution in [2.75, 3.05) is 13.1 Å². The molecular weight excluding hydrogens is 256 g/mol. The topological polar surface area (TPSA) is 44.1 Å². The average molecular weight is 282 g/mol. The van der Waals surface area contributed by atoms with E-state index in [1.54, 1.807) is 0 Å². The van der Waals surface area contributed by atoms with Gasteiger partial charge in [0.15, 0.2) is 0 Å². The van der Waals surface area contributed by atoms with Crippen molar-refractivity contribution in [3.05, 3.63) is 0 Å². The summed E-state index contributed by atoms with van der Waals surface area (Å²) in [5, 5.41) is 10.5. The second-order valence-corrected chi connectivity index (χ2v) is 7.54. The predicted molar refractivity (Wildman–Crippen MR) is 81.0 cm³/mol. The van der Waals surface area contributed by atoms with Gasteiger partial charge in [0.2, 0.25) is 5.91 Å². The van der Waals surface area contributed by atoms with E-state index in [-0.39, 0.29) is 5.91 Å². The third-order valence-corrected chi connectivity index (χ3v) is 4.91. The molecule has 1 aliphatic rings. The Morgan fingerprint density at radius 1 is 1.26 bits per heavy atom. The molecule has 4 heteroatoms. The van der Waals surface area contributed by atoms with Crippen LogP contribution >= 0.6 is 11.8 Å². The summed E-state index contributed by atoms with van der Waals surface area (Å²) < 4.78 is 0. The van der Waals surface area contributed by atoms with Crippen LogP contribution in [0, 0.1) is 16.7 Å². The number of hydrogen-bond donors (Lipinski definition) is 0. The van der Waals surface area contributed by atoms with Crippen LogP contribution in [0.3, 0.4) is 0 Å². The fourth-order valence-electron chi connectivity index (χ4n) is 3.00. The number of hydrogen-bond acceptors (Lipinski definition) is 3. The maximum absolute atomic E-state index is 12.8. The highest BCUT2D eigenvalue weighted by atomic mass is 32.2. The smallest absolute Gasteiger partial charge is 0.243 e. The van der Waals surface area contributed by atoms with Crippen molar-refractivity contribution in [3.63, 3.8) is 0 Å². The van der Waals surface area contributed by atoms with Crippen LogP contribution in [0.4, 0.5) is 0 Å². The van der Waals surface area contributed by atoms with Gasteiger partial charge in [-0.2, -0.15) is 17.0 Å². The molecule has 1 heterocycles. The summed E-state index contributed by atoms with van der Waals surface area (Å²) in [7, 11) is 0. The molecule has 0 saturated carbocycles. The zero-order valence-corrected chi connectivity index (χ0v) is 13.4. The van der Waals surface area contributed by atoms with Gasteiger partial charge in [-0.15, -0.1) is 0 Å². The number of carbonyl (C=O) groups is 1. The molecule has 1 saturated heterocycles. The van der Waals surface area contributed by atoms with Crippen LogP contribution in [0.5, 0.6) is 0 Å². The molecule has 1 fully saturated rings. The molecule has 108 valence electrons. The zero-order valence-electron chi connectivity index (χ0n) is 12.6. The quantitative estimate of drug-likeness (QED) is 0.775. The van der Waals surface area contributed by atoms with Crippen molar-refractivity contribution in [1.29, 1.82) is 5.26 Å². The first kappa shape index (κ1) is 16.4. The SMILES string of the molecule is CCCC(C#N)(CCC)C(=O)N1CC(C)SC(C)C1. The number of nitriles is 1. The molecule has 19 heavy (non-hydrogen) atoms. The van der Waals surface area contributed by atoms with Gasteiger partial charge >= 0.3 is 0 Å². The first-order valence-corrected chi connectivity index (χ1v) is 8.29. The van der Waals surface area contributed by atoms with E-state index < -0.39 is 5.41 Å². The van der Waals surface area contributed by atoms with E-state index >= 15 is 0 Å². The zero-order chi connectivity index (χ0) is 14.5. The minimum Gasteiger partial charge on any atom is -0.339 e. The highest BCUT2D eigenvalue weighted by Crippen LogP contribution is 2.34. The van der Waals surface area contributed by atoms with Crippen molar-refractivity contribution in [2.45, 2.75) is 63.9 Å². The second kappa shape index (κ2) is 7.19. The summed E-state index contributed by atoms with van der Waals surface area (Å²) in [5.41, 5.74) is -0.787. The van der Waals surface area contributed by atoms with Crippen LogP contribution in [-0.4, -0.2) is 34.4 Å². The average Bonchev–Trinajstić information content (AvgIpc) is 2.36. The molecule has 1 amide bonds. The summed E-state index contributed by atoms with van der Waals surface area (Å²) >= 11 is 1.93. The van der Waals surface area contributed by atoms with Crippen molar-refractivity contribution >= 4 is 17.7 Å². The van der Waals surface area contributed by atoms with E-state index in [0.717, 1.165) is 25.9 Å². The normalized spacial score (nSPS) is 24.1. The number of rotatable bonds is 5. The fraction of sp³-hybridized carbons (Fsp3) is 0.867. The third kappa shape index (κ3) is 3.89. The monoisotopic (exact) mass is 282 g/mol. The lowest BCUT2D eigenvalue weighted by molar-refractivity contribution is -0.140. The third-order valence-electron chi connectivity index (χ3n) is 3.68. The first-order valence-electron chi connectivity index (χ1n) is 7.35. The molecule has 0 radical (unpaired) electrons. The fourth-order valence-corrected chi connectivity index (χ4v) is 4.32. The number of nitrogens with zero attached hydrogens (tertiary/aromatic N) is 2. The summed E-state index contributed by atoms with van der Waals surface area (Å²) in [6.45, 7) is 9.98. The lowest BCUT2D eigenvalue weighted by atomic mass is 9.79. The highest BCUT2D eigenvalue weighted by Gasteiger charge is 2.41. The van der Waals surface area contributed by atoms with Gasteiger partial charge < -0.3 is 4.90 Å². The molecule has 0 spiro atoms. The van der Waals surface area contributed by atoms with Crippen molar-refractivity contribution in [3.8, 4) is 6.07 Å². The molecule has 0 bridgehead atoms. The molecule has 1 aliphatic heterocycles. The van der Waals surface area contributed by atoms with E-state index in [0.29, 0.717) is 23.3 Å². The van der Waals surface area contributed by atoms with E-state index in [1.165, 1.54) is 0 Å². The first-order chi connectivity index (χ1) is 8.99. The number of thioether (sulfide) groups is 1. The standard InChI is InChI=1S/C15H26N2OS/c1-5-7-15(11-16,8-6-2)14(18)17-9-12(3)19-13(4)10-17/h12-13H,5-10H2,1-4H3. The Balaban J connectivity index is 2.89. The van der Waals surface area contributed by atoms with E-state index in [1.807, 2.05) is 30.5 Å². The van der Waals surface area contributed by atoms with Crippen molar-refractivity contribution in [1.82, 2.24) is 4.90 Å². The van der Waals surface area contributed by atoms with Gasteiger partial charge in [0.1, 0.15) is 5.41 Å².